The molecule has 11 heteroatoms. The molecule has 2 aromatic rings. The predicted molar refractivity (Wildman–Crippen MR) is 90.3 cm³/mol. The molecule has 6 nitrogen and oxygen atoms in total. The zero-order valence-corrected chi connectivity index (χ0v) is 15.2. The number of benzene rings is 1. The van der Waals surface area contributed by atoms with Crippen LogP contribution in [0.15, 0.2) is 23.1 Å². The summed E-state index contributed by atoms with van der Waals surface area (Å²) in [6.45, 7) is 1.59. The van der Waals surface area contributed by atoms with Gasteiger partial charge in [0.25, 0.3) is 5.56 Å². The van der Waals surface area contributed by atoms with Crippen LogP contribution in [-0.4, -0.2) is 29.3 Å². The fraction of sp³-hybridized carbons (Fsp3) is 0.312. The number of methoxy groups -OCH3 is 1. The monoisotopic (exact) mass is 407 g/mol. The lowest BCUT2D eigenvalue weighted by molar-refractivity contribution is -0.144. The first-order chi connectivity index (χ1) is 12.5. The number of hydrogen-bond donors (Lipinski definition) is 0. The number of ether oxygens (including phenoxy) is 1. The van der Waals surface area contributed by atoms with E-state index in [-0.39, 0.29) is 22.8 Å². The molecule has 0 aliphatic rings. The van der Waals surface area contributed by atoms with Gasteiger partial charge in [0.05, 0.1) is 24.0 Å². The zero-order chi connectivity index (χ0) is 20.5. The van der Waals surface area contributed by atoms with Crippen molar-refractivity contribution in [3.05, 3.63) is 45.2 Å². The topological polar surface area (TPSA) is 64.4 Å². The summed E-state index contributed by atoms with van der Waals surface area (Å²) in [5.41, 5.74) is -3.13. The molecular weight excluding hydrogens is 394 g/mol. The van der Waals surface area contributed by atoms with Crippen LogP contribution in [0.2, 0.25) is 5.02 Å². The number of rotatable bonds is 3. The summed E-state index contributed by atoms with van der Waals surface area (Å²) in [7, 11) is 2.04. The Bertz CT molecular complexity index is 944. The molecule has 1 aromatic heterocycles. The summed E-state index contributed by atoms with van der Waals surface area (Å²) in [5, 5.41) is -0.249. The van der Waals surface area contributed by atoms with E-state index < -0.39 is 35.0 Å². The number of alkyl halides is 3. The van der Waals surface area contributed by atoms with Crippen molar-refractivity contribution in [1.29, 1.82) is 0 Å². The van der Waals surface area contributed by atoms with Gasteiger partial charge in [-0.2, -0.15) is 13.2 Å². The number of aromatic nitrogens is 2. The van der Waals surface area contributed by atoms with Crippen LogP contribution in [0, 0.1) is 5.82 Å². The van der Waals surface area contributed by atoms with E-state index in [1.54, 1.807) is 6.92 Å². The number of halogens is 5. The van der Waals surface area contributed by atoms with Crippen LogP contribution >= 0.6 is 11.6 Å². The third kappa shape index (κ3) is 3.90. The number of amides is 1. The fourth-order valence-electron chi connectivity index (χ4n) is 2.42. The Morgan fingerprint density at radius 1 is 1.37 bits per heavy atom. The Labute approximate surface area is 155 Å². The minimum atomic E-state index is -4.78. The molecule has 0 saturated heterocycles. The average Bonchev–Trinajstić information content (AvgIpc) is 2.58. The van der Waals surface area contributed by atoms with E-state index >= 15 is 0 Å². The van der Waals surface area contributed by atoms with E-state index in [4.69, 9.17) is 11.6 Å². The van der Waals surface area contributed by atoms with Gasteiger partial charge >= 0.3 is 12.3 Å². The summed E-state index contributed by atoms with van der Waals surface area (Å²) in [5.74, 6) is -0.875. The van der Waals surface area contributed by atoms with Crippen molar-refractivity contribution in [3.63, 3.8) is 0 Å². The van der Waals surface area contributed by atoms with Crippen molar-refractivity contribution in [2.24, 2.45) is 7.05 Å². The van der Waals surface area contributed by atoms with Crippen molar-refractivity contribution < 1.29 is 27.1 Å². The van der Waals surface area contributed by atoms with Crippen LogP contribution < -0.4 is 10.5 Å². The van der Waals surface area contributed by atoms with Crippen molar-refractivity contribution in [2.75, 3.05) is 18.6 Å². The van der Waals surface area contributed by atoms with Gasteiger partial charge in [0.1, 0.15) is 17.2 Å². The number of carbonyl (C=O) groups is 1. The Morgan fingerprint density at radius 2 is 2.00 bits per heavy atom. The van der Waals surface area contributed by atoms with Gasteiger partial charge in [-0.15, -0.1) is 0 Å². The van der Waals surface area contributed by atoms with Crippen molar-refractivity contribution in [1.82, 2.24) is 9.55 Å². The van der Waals surface area contributed by atoms with Crippen molar-refractivity contribution in [3.8, 4) is 11.3 Å². The Hall–Kier alpha value is -2.62. The maximum absolute atomic E-state index is 14.3. The number of anilines is 1. The van der Waals surface area contributed by atoms with Gasteiger partial charge in [-0.1, -0.05) is 11.6 Å². The molecule has 0 N–H and O–H groups in total. The molecule has 0 atom stereocenters. The highest BCUT2D eigenvalue weighted by molar-refractivity contribution is 6.33. The highest BCUT2D eigenvalue weighted by atomic mass is 35.5. The lowest BCUT2D eigenvalue weighted by Crippen LogP contribution is -2.31. The van der Waals surface area contributed by atoms with Gasteiger partial charge in [0.15, 0.2) is 0 Å². The van der Waals surface area contributed by atoms with Crippen LogP contribution in [0.1, 0.15) is 12.6 Å². The first kappa shape index (κ1) is 20.7. The zero-order valence-electron chi connectivity index (χ0n) is 14.4. The Morgan fingerprint density at radius 3 is 2.52 bits per heavy atom. The van der Waals surface area contributed by atoms with Crippen molar-refractivity contribution >= 4 is 23.4 Å². The summed E-state index contributed by atoms with van der Waals surface area (Å²) in [4.78, 5) is 28.7. The minimum Gasteiger partial charge on any atom is -0.452 e. The van der Waals surface area contributed by atoms with E-state index in [0.29, 0.717) is 10.8 Å². The molecule has 0 bridgehead atoms. The molecule has 0 fully saturated rings. The lowest BCUT2D eigenvalue weighted by Gasteiger charge is -2.21. The van der Waals surface area contributed by atoms with E-state index in [1.807, 2.05) is 0 Å². The molecule has 146 valence electrons. The van der Waals surface area contributed by atoms with Gasteiger partial charge in [-0.25, -0.2) is 14.2 Å². The SMILES string of the molecule is CCN(C(=O)OC)c1cc(-c2ncc(C(F)(F)F)n(C)c2=O)c(Cl)cc1F. The lowest BCUT2D eigenvalue weighted by atomic mass is 10.1. The fourth-order valence-corrected chi connectivity index (χ4v) is 2.66. The van der Waals surface area contributed by atoms with E-state index in [1.165, 1.54) is 0 Å². The van der Waals surface area contributed by atoms with Crippen LogP contribution in [0.3, 0.4) is 0 Å². The molecule has 0 unspecified atom stereocenters. The summed E-state index contributed by atoms with van der Waals surface area (Å²) < 4.78 is 57.9. The maximum Gasteiger partial charge on any atom is 0.433 e. The first-order valence-corrected chi connectivity index (χ1v) is 7.88. The third-order valence-corrected chi connectivity index (χ3v) is 4.08. The number of nitrogens with zero attached hydrogens (tertiary/aromatic N) is 3. The quantitative estimate of drug-likeness (QED) is 0.725. The van der Waals surface area contributed by atoms with E-state index in [9.17, 15) is 27.2 Å². The van der Waals surface area contributed by atoms with Gasteiger partial charge in [0.2, 0.25) is 0 Å². The molecule has 0 aliphatic carbocycles. The smallest absolute Gasteiger partial charge is 0.433 e. The van der Waals surface area contributed by atoms with Crippen LogP contribution in [0.5, 0.6) is 0 Å². The molecule has 27 heavy (non-hydrogen) atoms. The minimum absolute atomic E-state index is 0.0309. The summed E-state index contributed by atoms with van der Waals surface area (Å²) >= 11 is 5.97. The molecule has 0 saturated carbocycles. The molecule has 0 radical (unpaired) electrons. The van der Waals surface area contributed by atoms with E-state index in [2.05, 4.69) is 9.72 Å². The van der Waals surface area contributed by atoms with Gasteiger partial charge in [-0.05, 0) is 19.1 Å². The second-order valence-electron chi connectivity index (χ2n) is 5.35. The normalized spacial score (nSPS) is 11.4. The molecule has 1 heterocycles. The summed E-state index contributed by atoms with van der Waals surface area (Å²) in [6.07, 6.45) is -5.16. The highest BCUT2D eigenvalue weighted by Crippen LogP contribution is 2.33. The summed E-state index contributed by atoms with van der Waals surface area (Å²) in [6, 6.07) is 1.91. The predicted octanol–water partition coefficient (Wildman–Crippen LogP) is 3.85. The molecule has 1 amide bonds. The number of hydrogen-bond acceptors (Lipinski definition) is 4. The van der Waals surface area contributed by atoms with Gasteiger partial charge in [0, 0.05) is 19.2 Å². The Balaban J connectivity index is 2.70. The van der Waals surface area contributed by atoms with Crippen molar-refractivity contribution in [2.45, 2.75) is 13.1 Å². The molecular formula is C16H14ClF4N3O3. The molecule has 1 aromatic carbocycles. The second kappa shape index (κ2) is 7.55. The maximum atomic E-state index is 14.3. The Kier molecular flexibility index (Phi) is 5.79. The van der Waals surface area contributed by atoms with Gasteiger partial charge in [-0.3, -0.25) is 9.69 Å². The van der Waals surface area contributed by atoms with Crippen LogP contribution in [0.4, 0.5) is 28.0 Å². The van der Waals surface area contributed by atoms with E-state index in [0.717, 1.165) is 31.2 Å². The first-order valence-electron chi connectivity index (χ1n) is 7.51. The molecule has 0 aliphatic heterocycles. The second-order valence-corrected chi connectivity index (χ2v) is 5.76. The third-order valence-electron chi connectivity index (χ3n) is 3.77. The highest BCUT2D eigenvalue weighted by Gasteiger charge is 2.35. The standard InChI is InChI=1S/C16H14ClF4N3O3/c1-4-24(15(26)27-3)11-5-8(9(17)6-10(11)18)13-14(25)23(2)12(7-22-13)16(19,20)21/h5-7H,4H2,1-3H3. The van der Waals surface area contributed by atoms with Gasteiger partial charge < -0.3 is 9.30 Å². The average molecular weight is 408 g/mol. The van der Waals surface area contributed by atoms with Crippen LogP contribution in [0.25, 0.3) is 11.3 Å². The number of carbonyl (C=O) groups excluding carboxylic acids is 1. The molecule has 0 spiro atoms. The molecule has 2 rings (SSSR count). The largest absolute Gasteiger partial charge is 0.452 e. The van der Waals surface area contributed by atoms with Crippen LogP contribution in [-0.2, 0) is 18.0 Å².